The SMILES string of the molecule is CCOc1c(Cl)ccc(Cl)c1C1=C(O)c2nccnc2C(C)(C)S1(=O)=O. The van der Waals surface area contributed by atoms with E-state index in [1.165, 1.54) is 38.4 Å². The van der Waals surface area contributed by atoms with Crippen LogP contribution in [0.5, 0.6) is 5.75 Å². The third kappa shape index (κ3) is 2.57. The van der Waals surface area contributed by atoms with Crippen LogP contribution in [0.25, 0.3) is 10.7 Å². The van der Waals surface area contributed by atoms with Crippen LogP contribution in [0.4, 0.5) is 0 Å². The second kappa shape index (κ2) is 6.40. The van der Waals surface area contributed by atoms with Gasteiger partial charge in [0, 0.05) is 12.4 Å². The van der Waals surface area contributed by atoms with E-state index >= 15 is 0 Å². The van der Waals surface area contributed by atoms with E-state index in [0.29, 0.717) is 0 Å². The summed E-state index contributed by atoms with van der Waals surface area (Å²) < 4.78 is 30.9. The second-order valence-corrected chi connectivity index (χ2v) is 9.36. The summed E-state index contributed by atoms with van der Waals surface area (Å²) in [6, 6.07) is 2.96. The Hall–Kier alpha value is -1.83. The van der Waals surface area contributed by atoms with Crippen molar-refractivity contribution in [3.8, 4) is 5.75 Å². The molecule has 2 heterocycles. The normalized spacial score (nSPS) is 17.7. The van der Waals surface area contributed by atoms with Gasteiger partial charge in [-0.25, -0.2) is 13.4 Å². The molecule has 1 aliphatic heterocycles. The maximum atomic E-state index is 13.4. The van der Waals surface area contributed by atoms with Gasteiger partial charge in [0.1, 0.15) is 21.1 Å². The first-order chi connectivity index (χ1) is 12.1. The van der Waals surface area contributed by atoms with Crippen LogP contribution in [0.3, 0.4) is 0 Å². The molecule has 138 valence electrons. The quantitative estimate of drug-likeness (QED) is 0.807. The van der Waals surface area contributed by atoms with Crippen molar-refractivity contribution in [1.29, 1.82) is 0 Å². The molecule has 3 rings (SSSR count). The third-order valence-corrected chi connectivity index (χ3v) is 7.31. The van der Waals surface area contributed by atoms with Crippen LogP contribution in [0, 0.1) is 0 Å². The molecule has 1 N–H and O–H groups in total. The summed E-state index contributed by atoms with van der Waals surface area (Å²) >= 11 is 12.5. The zero-order chi connectivity index (χ0) is 19.3. The lowest BCUT2D eigenvalue weighted by molar-refractivity contribution is 0.339. The van der Waals surface area contributed by atoms with Gasteiger partial charge in [-0.2, -0.15) is 0 Å². The maximum Gasteiger partial charge on any atom is 0.193 e. The molecule has 0 bridgehead atoms. The summed E-state index contributed by atoms with van der Waals surface area (Å²) in [5, 5.41) is 11.1. The van der Waals surface area contributed by atoms with Gasteiger partial charge in [0.2, 0.25) is 0 Å². The summed E-state index contributed by atoms with van der Waals surface area (Å²) in [5.74, 6) is -0.438. The van der Waals surface area contributed by atoms with E-state index in [1.807, 2.05) is 0 Å². The molecule has 2 aromatic rings. The van der Waals surface area contributed by atoms with Gasteiger partial charge in [0.25, 0.3) is 0 Å². The number of ether oxygens (including phenoxy) is 1. The van der Waals surface area contributed by atoms with E-state index < -0.39 is 20.3 Å². The maximum absolute atomic E-state index is 13.4. The number of halogens is 2. The van der Waals surface area contributed by atoms with Crippen molar-refractivity contribution in [2.24, 2.45) is 0 Å². The molecular weight excluding hydrogens is 399 g/mol. The van der Waals surface area contributed by atoms with Gasteiger partial charge in [0.15, 0.2) is 15.6 Å². The molecule has 0 aliphatic carbocycles. The Labute approximate surface area is 161 Å². The average Bonchev–Trinajstić information content (AvgIpc) is 2.59. The van der Waals surface area contributed by atoms with Crippen molar-refractivity contribution in [3.05, 3.63) is 51.5 Å². The molecule has 0 saturated carbocycles. The Kier molecular flexibility index (Phi) is 4.67. The smallest absolute Gasteiger partial charge is 0.193 e. The third-order valence-electron chi connectivity index (χ3n) is 4.22. The van der Waals surface area contributed by atoms with Gasteiger partial charge in [-0.1, -0.05) is 23.2 Å². The van der Waals surface area contributed by atoms with Gasteiger partial charge in [-0.3, -0.25) is 4.98 Å². The number of aliphatic hydroxyl groups excluding tert-OH is 1. The summed E-state index contributed by atoms with van der Waals surface area (Å²) in [4.78, 5) is 7.86. The lowest BCUT2D eigenvalue weighted by Gasteiger charge is -2.32. The minimum atomic E-state index is -4.09. The van der Waals surface area contributed by atoms with Gasteiger partial charge >= 0.3 is 0 Å². The average molecular weight is 415 g/mol. The highest BCUT2D eigenvalue weighted by molar-refractivity contribution is 8.01. The van der Waals surface area contributed by atoms with Gasteiger partial charge < -0.3 is 9.84 Å². The van der Waals surface area contributed by atoms with E-state index in [1.54, 1.807) is 6.92 Å². The first-order valence-electron chi connectivity index (χ1n) is 7.75. The Bertz CT molecular complexity index is 1030. The Balaban J connectivity index is 2.48. The van der Waals surface area contributed by atoms with Crippen LogP contribution in [0.15, 0.2) is 24.5 Å². The van der Waals surface area contributed by atoms with Crippen LogP contribution in [-0.4, -0.2) is 30.1 Å². The van der Waals surface area contributed by atoms with E-state index in [9.17, 15) is 13.5 Å². The number of aliphatic hydroxyl groups is 1. The molecule has 6 nitrogen and oxygen atoms in total. The Morgan fingerprint density at radius 2 is 1.77 bits per heavy atom. The topological polar surface area (TPSA) is 89.4 Å². The van der Waals surface area contributed by atoms with Crippen LogP contribution >= 0.6 is 23.2 Å². The standard InChI is InChI=1S/C17H16Cl2N2O4S/c1-4-25-14-10(19)6-5-9(18)11(14)15-13(22)12-16(21-8-7-20-12)17(2,3)26(15,23)24/h5-8,22H,4H2,1-3H3. The largest absolute Gasteiger partial charge is 0.504 e. The highest BCUT2D eigenvalue weighted by Gasteiger charge is 2.50. The monoisotopic (exact) mass is 414 g/mol. The van der Waals surface area contributed by atoms with Crippen molar-refractivity contribution >= 4 is 43.7 Å². The van der Waals surface area contributed by atoms with Crippen molar-refractivity contribution in [2.45, 2.75) is 25.5 Å². The number of rotatable bonds is 3. The summed E-state index contributed by atoms with van der Waals surface area (Å²) in [6.07, 6.45) is 2.76. The molecule has 0 saturated heterocycles. The number of aromatic nitrogens is 2. The van der Waals surface area contributed by atoms with E-state index in [0.717, 1.165) is 0 Å². The fraction of sp³-hybridized carbons (Fsp3) is 0.294. The van der Waals surface area contributed by atoms with Crippen molar-refractivity contribution in [2.75, 3.05) is 6.61 Å². The van der Waals surface area contributed by atoms with Gasteiger partial charge in [-0.15, -0.1) is 0 Å². The molecule has 0 unspecified atom stereocenters. The minimum Gasteiger partial charge on any atom is -0.504 e. The van der Waals surface area contributed by atoms with Crippen LogP contribution in [-0.2, 0) is 14.6 Å². The van der Waals surface area contributed by atoms with Crippen molar-refractivity contribution in [1.82, 2.24) is 9.97 Å². The molecule has 1 aliphatic rings. The molecule has 0 radical (unpaired) electrons. The summed E-state index contributed by atoms with van der Waals surface area (Å²) in [6.45, 7) is 4.97. The number of hydrogen-bond donors (Lipinski definition) is 1. The number of fused-ring (bicyclic) bond motifs is 1. The molecule has 26 heavy (non-hydrogen) atoms. The first kappa shape index (κ1) is 18.9. The predicted octanol–water partition coefficient (Wildman–Crippen LogP) is 4.23. The highest BCUT2D eigenvalue weighted by Crippen LogP contribution is 2.51. The van der Waals surface area contributed by atoms with Gasteiger partial charge in [-0.05, 0) is 32.9 Å². The second-order valence-electron chi connectivity index (χ2n) is 6.11. The number of benzene rings is 1. The highest BCUT2D eigenvalue weighted by atomic mass is 35.5. The first-order valence-corrected chi connectivity index (χ1v) is 9.99. The zero-order valence-electron chi connectivity index (χ0n) is 14.2. The van der Waals surface area contributed by atoms with Crippen molar-refractivity contribution < 1.29 is 18.3 Å². The Morgan fingerprint density at radius 1 is 1.15 bits per heavy atom. The van der Waals surface area contributed by atoms with Crippen LogP contribution in [0.1, 0.15) is 37.7 Å². The molecule has 0 spiro atoms. The Morgan fingerprint density at radius 3 is 2.42 bits per heavy atom. The van der Waals surface area contributed by atoms with Crippen molar-refractivity contribution in [3.63, 3.8) is 0 Å². The molecule has 1 aromatic heterocycles. The number of hydrogen-bond acceptors (Lipinski definition) is 6. The molecule has 9 heteroatoms. The van der Waals surface area contributed by atoms with E-state index in [2.05, 4.69) is 9.97 Å². The predicted molar refractivity (Wildman–Crippen MR) is 101 cm³/mol. The molecule has 0 amide bonds. The molecule has 0 atom stereocenters. The number of sulfone groups is 1. The minimum absolute atomic E-state index is 0.0166. The van der Waals surface area contributed by atoms with E-state index in [4.69, 9.17) is 27.9 Å². The summed E-state index contributed by atoms with van der Waals surface area (Å²) in [7, 11) is -4.09. The molecular formula is C17H16Cl2N2O4S. The van der Waals surface area contributed by atoms with E-state index in [-0.39, 0.29) is 44.3 Å². The zero-order valence-corrected chi connectivity index (χ0v) is 16.6. The van der Waals surface area contributed by atoms with Crippen LogP contribution < -0.4 is 4.74 Å². The molecule has 1 aromatic carbocycles. The fourth-order valence-electron chi connectivity index (χ4n) is 2.85. The molecule has 0 fully saturated rings. The van der Waals surface area contributed by atoms with Crippen LogP contribution in [0.2, 0.25) is 10.0 Å². The number of nitrogens with zero attached hydrogens (tertiary/aromatic N) is 2. The summed E-state index contributed by atoms with van der Waals surface area (Å²) in [5.41, 5.74) is 0.265. The van der Waals surface area contributed by atoms with Gasteiger partial charge in [0.05, 0.1) is 27.9 Å². The lowest BCUT2D eigenvalue weighted by atomic mass is 10.0. The fourth-order valence-corrected chi connectivity index (χ4v) is 5.10. The lowest BCUT2D eigenvalue weighted by Crippen LogP contribution is -2.36.